The van der Waals surface area contributed by atoms with E-state index in [1.54, 1.807) is 30.2 Å². The number of fused-ring (bicyclic) bond motifs is 1. The van der Waals surface area contributed by atoms with Crippen molar-refractivity contribution in [2.45, 2.75) is 39.3 Å². The largest absolute Gasteiger partial charge is 0.467 e. The Morgan fingerprint density at radius 2 is 2.07 bits per heavy atom. The highest BCUT2D eigenvalue weighted by Crippen LogP contribution is 2.26. The van der Waals surface area contributed by atoms with E-state index in [2.05, 4.69) is 10.3 Å². The summed E-state index contributed by atoms with van der Waals surface area (Å²) in [6.45, 7) is 3.45. The summed E-state index contributed by atoms with van der Waals surface area (Å²) >= 11 is 1.18. The minimum atomic E-state index is -0.292. The van der Waals surface area contributed by atoms with Crippen LogP contribution in [0.1, 0.15) is 40.3 Å². The minimum absolute atomic E-state index is 0.0307. The van der Waals surface area contributed by atoms with E-state index >= 15 is 0 Å². The van der Waals surface area contributed by atoms with Gasteiger partial charge >= 0.3 is 0 Å². The molecule has 9 heteroatoms. The lowest BCUT2D eigenvalue weighted by Crippen LogP contribution is -2.39. The van der Waals surface area contributed by atoms with Crippen molar-refractivity contribution in [1.82, 2.24) is 19.8 Å². The topological polar surface area (TPSA) is 97.4 Å². The number of piperidine rings is 1. The predicted molar refractivity (Wildman–Crippen MR) is 109 cm³/mol. The van der Waals surface area contributed by atoms with Crippen LogP contribution >= 0.6 is 11.3 Å². The van der Waals surface area contributed by atoms with E-state index in [4.69, 9.17) is 4.42 Å². The number of carbonyl (C=O) groups is 2. The van der Waals surface area contributed by atoms with Crippen LogP contribution in [-0.4, -0.2) is 39.4 Å². The summed E-state index contributed by atoms with van der Waals surface area (Å²) in [7, 11) is 0. The Hall–Kier alpha value is -2.94. The van der Waals surface area contributed by atoms with Crippen molar-refractivity contribution in [1.29, 1.82) is 0 Å². The van der Waals surface area contributed by atoms with E-state index in [1.165, 1.54) is 22.2 Å². The number of amides is 2. The number of nitrogens with one attached hydrogen (secondary N) is 1. The molecule has 1 aliphatic heterocycles. The summed E-state index contributed by atoms with van der Waals surface area (Å²) in [6, 6.07) is 3.53. The van der Waals surface area contributed by atoms with E-state index in [-0.39, 0.29) is 30.5 Å². The third kappa shape index (κ3) is 3.95. The molecule has 0 unspecified atom stereocenters. The zero-order valence-corrected chi connectivity index (χ0v) is 17.0. The average Bonchev–Trinajstić information content (AvgIpc) is 3.37. The van der Waals surface area contributed by atoms with Crippen molar-refractivity contribution in [3.05, 3.63) is 51.3 Å². The first-order valence-electron chi connectivity index (χ1n) is 9.61. The molecule has 0 radical (unpaired) electrons. The molecule has 0 bridgehead atoms. The van der Waals surface area contributed by atoms with E-state index in [1.807, 2.05) is 0 Å². The van der Waals surface area contributed by atoms with E-state index in [0.29, 0.717) is 26.4 Å². The summed E-state index contributed by atoms with van der Waals surface area (Å²) in [4.78, 5) is 45.1. The molecule has 8 nitrogen and oxygen atoms in total. The van der Waals surface area contributed by atoms with E-state index < -0.39 is 0 Å². The Morgan fingerprint density at radius 3 is 2.79 bits per heavy atom. The Morgan fingerprint density at radius 1 is 1.28 bits per heavy atom. The molecule has 0 atom stereocenters. The number of aryl methyl sites for hydroxylation is 1. The molecule has 0 spiro atoms. The van der Waals surface area contributed by atoms with Gasteiger partial charge in [-0.15, -0.1) is 11.3 Å². The van der Waals surface area contributed by atoms with Gasteiger partial charge in [-0.1, -0.05) is 0 Å². The molecule has 29 heavy (non-hydrogen) atoms. The number of rotatable bonds is 5. The molecular weight excluding hydrogens is 392 g/mol. The molecule has 3 aromatic rings. The number of hydrogen-bond acceptors (Lipinski definition) is 6. The number of aromatic nitrogens is 2. The van der Waals surface area contributed by atoms with Crippen LogP contribution in [0.15, 0.2) is 33.9 Å². The van der Waals surface area contributed by atoms with Gasteiger partial charge in [-0.2, -0.15) is 0 Å². The van der Waals surface area contributed by atoms with Crippen LogP contribution in [0.5, 0.6) is 0 Å². The maximum Gasteiger partial charge on any atom is 0.262 e. The fourth-order valence-electron chi connectivity index (χ4n) is 3.54. The minimum Gasteiger partial charge on any atom is -0.467 e. The number of thiophene rings is 1. The second-order valence-corrected chi connectivity index (χ2v) is 8.12. The molecule has 0 saturated carbocycles. The lowest BCUT2D eigenvalue weighted by atomic mass is 10.1. The van der Waals surface area contributed by atoms with Crippen molar-refractivity contribution in [3.63, 3.8) is 0 Å². The maximum absolute atomic E-state index is 13.0. The van der Waals surface area contributed by atoms with Gasteiger partial charge in [0.25, 0.3) is 11.5 Å². The third-order valence-electron chi connectivity index (χ3n) is 5.14. The molecule has 1 N–H and O–H groups in total. The molecule has 1 aliphatic rings. The molecule has 152 valence electrons. The van der Waals surface area contributed by atoms with Crippen LogP contribution in [-0.2, 0) is 17.9 Å². The first kappa shape index (κ1) is 19.4. The van der Waals surface area contributed by atoms with Gasteiger partial charge in [-0.05, 0) is 43.9 Å². The van der Waals surface area contributed by atoms with Crippen molar-refractivity contribution < 1.29 is 14.0 Å². The van der Waals surface area contributed by atoms with Crippen LogP contribution in [0.25, 0.3) is 10.2 Å². The summed E-state index contributed by atoms with van der Waals surface area (Å²) in [5, 5.41) is 3.19. The smallest absolute Gasteiger partial charge is 0.262 e. The first-order valence-corrected chi connectivity index (χ1v) is 10.4. The van der Waals surface area contributed by atoms with Crippen molar-refractivity contribution in [2.24, 2.45) is 0 Å². The molecule has 1 saturated heterocycles. The normalized spacial score (nSPS) is 14.3. The lowest BCUT2D eigenvalue weighted by molar-refractivity contribution is -0.132. The van der Waals surface area contributed by atoms with Crippen LogP contribution < -0.4 is 10.9 Å². The fourth-order valence-corrected chi connectivity index (χ4v) is 4.59. The van der Waals surface area contributed by atoms with Gasteiger partial charge in [0.2, 0.25) is 5.91 Å². The molecule has 0 aromatic carbocycles. The molecule has 1 fully saturated rings. The van der Waals surface area contributed by atoms with Crippen LogP contribution in [0.4, 0.5) is 0 Å². The van der Waals surface area contributed by atoms with Gasteiger partial charge in [0, 0.05) is 13.1 Å². The Kier molecular flexibility index (Phi) is 5.48. The van der Waals surface area contributed by atoms with Crippen LogP contribution in [0.2, 0.25) is 0 Å². The molecular formula is C20H22N4O4S. The quantitative estimate of drug-likeness (QED) is 0.691. The van der Waals surface area contributed by atoms with Gasteiger partial charge in [-0.25, -0.2) is 4.98 Å². The number of furan rings is 1. The standard InChI is InChI=1S/C20H22N4O4S/c1-13-16-19(29-17(13)18(26)21-10-14-6-5-9-28-14)22-12-24(20(16)27)11-15(25)23-7-3-2-4-8-23/h5-6,9,12H,2-4,7-8,10-11H2,1H3,(H,21,26). The average molecular weight is 414 g/mol. The number of likely N-dealkylation sites (tertiary alicyclic amines) is 1. The highest BCUT2D eigenvalue weighted by atomic mass is 32.1. The Bertz CT molecular complexity index is 1090. The van der Waals surface area contributed by atoms with Gasteiger partial charge in [0.1, 0.15) is 17.1 Å². The zero-order chi connectivity index (χ0) is 20.4. The van der Waals surface area contributed by atoms with Crippen molar-refractivity contribution >= 4 is 33.4 Å². The second-order valence-electron chi connectivity index (χ2n) is 7.12. The first-order chi connectivity index (χ1) is 14.0. The third-order valence-corrected chi connectivity index (χ3v) is 6.34. The van der Waals surface area contributed by atoms with E-state index in [9.17, 15) is 14.4 Å². The van der Waals surface area contributed by atoms with Gasteiger partial charge in [0.05, 0.1) is 29.4 Å². The number of carbonyl (C=O) groups excluding carboxylic acids is 2. The number of hydrogen-bond donors (Lipinski definition) is 1. The summed E-state index contributed by atoms with van der Waals surface area (Å²) in [6.07, 6.45) is 6.07. The highest BCUT2D eigenvalue weighted by molar-refractivity contribution is 7.20. The van der Waals surface area contributed by atoms with E-state index in [0.717, 1.165) is 32.4 Å². The summed E-state index contributed by atoms with van der Waals surface area (Å²) in [5.41, 5.74) is 0.290. The lowest BCUT2D eigenvalue weighted by Gasteiger charge is -2.26. The Balaban J connectivity index is 1.56. The van der Waals surface area contributed by atoms with Gasteiger partial charge in [-0.3, -0.25) is 19.0 Å². The van der Waals surface area contributed by atoms with Crippen molar-refractivity contribution in [3.8, 4) is 0 Å². The SMILES string of the molecule is Cc1c(C(=O)NCc2ccco2)sc2ncn(CC(=O)N3CCCCC3)c(=O)c12. The highest BCUT2D eigenvalue weighted by Gasteiger charge is 2.22. The van der Waals surface area contributed by atoms with Gasteiger partial charge in [0.15, 0.2) is 0 Å². The monoisotopic (exact) mass is 414 g/mol. The zero-order valence-electron chi connectivity index (χ0n) is 16.1. The van der Waals surface area contributed by atoms with Crippen LogP contribution in [0.3, 0.4) is 0 Å². The fraction of sp³-hybridized carbons (Fsp3) is 0.400. The molecule has 0 aliphatic carbocycles. The molecule has 4 rings (SSSR count). The second kappa shape index (κ2) is 8.20. The molecule has 4 heterocycles. The molecule has 2 amide bonds. The predicted octanol–water partition coefficient (Wildman–Crippen LogP) is 2.30. The van der Waals surface area contributed by atoms with Crippen LogP contribution in [0, 0.1) is 6.92 Å². The maximum atomic E-state index is 13.0. The Labute approximate surface area is 171 Å². The van der Waals surface area contributed by atoms with Gasteiger partial charge < -0.3 is 14.6 Å². The summed E-state index contributed by atoms with van der Waals surface area (Å²) < 4.78 is 6.55. The molecule has 3 aromatic heterocycles. The summed E-state index contributed by atoms with van der Waals surface area (Å²) in [5.74, 6) is 0.295. The number of nitrogens with zero attached hydrogens (tertiary/aromatic N) is 3. The van der Waals surface area contributed by atoms with Crippen molar-refractivity contribution in [2.75, 3.05) is 13.1 Å².